The van der Waals surface area contributed by atoms with Gasteiger partial charge in [0, 0.05) is 33.0 Å². The number of fused-ring (bicyclic) bond motifs is 5. The van der Waals surface area contributed by atoms with Crippen LogP contribution in [0.4, 0.5) is 0 Å². The van der Waals surface area contributed by atoms with Crippen molar-refractivity contribution in [2.24, 2.45) is 0 Å². The largest absolute Gasteiger partial charge is 0.507 e. The molecular weight excluding hydrogens is 531 g/mol. The standard InChI is InChI=1S/C38H23BO4/c39-34-30(21-11-2-1-3-12-21)35(40)33(36(41)37(34)42)32-25-16-6-4-14-23(25)31(24-15-5-7-17-26(24)32)28-19-10-18-27-22-13-8-9-20-29(22)43-38(27)28/h1-20,40-42H. The minimum Gasteiger partial charge on any atom is -0.507 e. The molecule has 8 aromatic rings. The van der Waals surface area contributed by atoms with Gasteiger partial charge in [0.25, 0.3) is 0 Å². The summed E-state index contributed by atoms with van der Waals surface area (Å²) in [5.41, 5.74) is 5.01. The van der Waals surface area contributed by atoms with Crippen LogP contribution in [0, 0.1) is 0 Å². The Morgan fingerprint density at radius 3 is 1.60 bits per heavy atom. The molecule has 0 aliphatic carbocycles. The molecule has 202 valence electrons. The van der Waals surface area contributed by atoms with Crippen LogP contribution in [-0.2, 0) is 0 Å². The van der Waals surface area contributed by atoms with Crippen LogP contribution >= 0.6 is 0 Å². The summed E-state index contributed by atoms with van der Waals surface area (Å²) < 4.78 is 6.46. The molecule has 0 aliphatic rings. The van der Waals surface area contributed by atoms with E-state index in [9.17, 15) is 15.3 Å². The summed E-state index contributed by atoms with van der Waals surface area (Å²) in [5.74, 6) is -1.16. The number of benzene rings is 7. The van der Waals surface area contributed by atoms with Gasteiger partial charge in [0.2, 0.25) is 0 Å². The molecule has 0 saturated carbocycles. The fraction of sp³-hybridized carbons (Fsp3) is 0. The van der Waals surface area contributed by atoms with E-state index in [2.05, 4.69) is 18.2 Å². The molecule has 0 bridgehead atoms. The van der Waals surface area contributed by atoms with Crippen molar-refractivity contribution in [2.75, 3.05) is 0 Å². The van der Waals surface area contributed by atoms with Crippen molar-refractivity contribution < 1.29 is 19.7 Å². The van der Waals surface area contributed by atoms with E-state index < -0.39 is 11.5 Å². The molecule has 0 saturated heterocycles. The Morgan fingerprint density at radius 1 is 0.419 bits per heavy atom. The van der Waals surface area contributed by atoms with E-state index >= 15 is 0 Å². The first kappa shape index (κ1) is 25.1. The zero-order valence-corrected chi connectivity index (χ0v) is 22.9. The zero-order chi connectivity index (χ0) is 29.2. The molecule has 1 aromatic heterocycles. The number of rotatable bonds is 3. The molecule has 0 unspecified atom stereocenters. The Balaban J connectivity index is 1.54. The van der Waals surface area contributed by atoms with E-state index in [1.54, 1.807) is 12.1 Å². The third-order valence-corrected chi connectivity index (χ3v) is 8.38. The maximum absolute atomic E-state index is 11.8. The van der Waals surface area contributed by atoms with Gasteiger partial charge in [-0.2, -0.15) is 0 Å². The minimum absolute atomic E-state index is 0.0910. The highest BCUT2D eigenvalue weighted by Gasteiger charge is 2.27. The third kappa shape index (κ3) is 3.58. The van der Waals surface area contributed by atoms with Crippen molar-refractivity contribution in [2.45, 2.75) is 0 Å². The number of phenols is 3. The topological polar surface area (TPSA) is 73.8 Å². The fourth-order valence-electron chi connectivity index (χ4n) is 6.49. The lowest BCUT2D eigenvalue weighted by atomic mass is 9.80. The van der Waals surface area contributed by atoms with Crippen LogP contribution in [0.1, 0.15) is 0 Å². The first-order valence-corrected chi connectivity index (χ1v) is 14.0. The van der Waals surface area contributed by atoms with Crippen molar-refractivity contribution in [1.82, 2.24) is 0 Å². The first-order valence-electron chi connectivity index (χ1n) is 14.0. The molecule has 0 atom stereocenters. The Kier molecular flexibility index (Phi) is 5.50. The molecule has 0 aliphatic heterocycles. The van der Waals surface area contributed by atoms with Gasteiger partial charge in [0.1, 0.15) is 24.8 Å². The highest BCUT2D eigenvalue weighted by molar-refractivity contribution is 6.39. The number of furan rings is 1. The first-order chi connectivity index (χ1) is 21.0. The van der Waals surface area contributed by atoms with Crippen molar-refractivity contribution in [1.29, 1.82) is 0 Å². The monoisotopic (exact) mass is 554 g/mol. The summed E-state index contributed by atoms with van der Waals surface area (Å²) in [4.78, 5) is 0. The second-order valence-electron chi connectivity index (χ2n) is 10.7. The molecule has 7 aromatic carbocycles. The summed E-state index contributed by atoms with van der Waals surface area (Å²) >= 11 is 0. The van der Waals surface area contributed by atoms with Gasteiger partial charge in [-0.05, 0) is 38.6 Å². The van der Waals surface area contributed by atoms with Gasteiger partial charge in [0.05, 0.1) is 5.56 Å². The summed E-state index contributed by atoms with van der Waals surface area (Å²) in [6.45, 7) is 0. The Bertz CT molecular complexity index is 2330. The lowest BCUT2D eigenvalue weighted by molar-refractivity contribution is 0.402. The van der Waals surface area contributed by atoms with Crippen molar-refractivity contribution >= 4 is 56.8 Å². The van der Waals surface area contributed by atoms with E-state index in [0.717, 1.165) is 54.6 Å². The number of aromatic hydroxyl groups is 3. The number of hydrogen-bond acceptors (Lipinski definition) is 4. The summed E-state index contributed by atoms with van der Waals surface area (Å²) in [7, 11) is 6.29. The Morgan fingerprint density at radius 2 is 0.953 bits per heavy atom. The second-order valence-corrected chi connectivity index (χ2v) is 10.7. The normalized spacial score (nSPS) is 11.6. The highest BCUT2D eigenvalue weighted by Crippen LogP contribution is 2.53. The molecule has 5 heteroatoms. The molecule has 2 radical (unpaired) electrons. The van der Waals surface area contributed by atoms with Gasteiger partial charge in [-0.15, -0.1) is 0 Å². The Labute approximate surface area is 248 Å². The number of para-hydroxylation sites is 2. The highest BCUT2D eigenvalue weighted by atomic mass is 16.3. The van der Waals surface area contributed by atoms with E-state index in [4.69, 9.17) is 12.3 Å². The second kappa shape index (κ2) is 9.43. The summed E-state index contributed by atoms with van der Waals surface area (Å²) in [6, 6.07) is 39.1. The molecule has 0 spiro atoms. The van der Waals surface area contributed by atoms with E-state index in [-0.39, 0.29) is 22.3 Å². The average molecular weight is 554 g/mol. The minimum atomic E-state index is -0.476. The summed E-state index contributed by atoms with van der Waals surface area (Å²) in [5, 5.41) is 39.8. The molecule has 1 heterocycles. The van der Waals surface area contributed by atoms with Crippen LogP contribution in [0.2, 0.25) is 0 Å². The molecule has 3 N–H and O–H groups in total. The van der Waals surface area contributed by atoms with E-state index in [1.807, 2.05) is 91.0 Å². The maximum atomic E-state index is 11.8. The van der Waals surface area contributed by atoms with Crippen LogP contribution in [0.25, 0.3) is 76.9 Å². The van der Waals surface area contributed by atoms with Crippen LogP contribution < -0.4 is 5.46 Å². The van der Waals surface area contributed by atoms with Gasteiger partial charge in [-0.25, -0.2) is 0 Å². The van der Waals surface area contributed by atoms with Crippen LogP contribution in [0.3, 0.4) is 0 Å². The van der Waals surface area contributed by atoms with Gasteiger partial charge >= 0.3 is 0 Å². The van der Waals surface area contributed by atoms with Crippen molar-refractivity contribution in [3.63, 3.8) is 0 Å². The maximum Gasteiger partial charge on any atom is 0.168 e. The van der Waals surface area contributed by atoms with Crippen molar-refractivity contribution in [3.8, 4) is 50.6 Å². The number of hydrogen-bond donors (Lipinski definition) is 3. The molecular formula is C38H23BO4. The van der Waals surface area contributed by atoms with Gasteiger partial charge in [-0.1, -0.05) is 115 Å². The zero-order valence-electron chi connectivity index (χ0n) is 22.9. The van der Waals surface area contributed by atoms with Crippen LogP contribution in [0.15, 0.2) is 126 Å². The van der Waals surface area contributed by atoms with Crippen LogP contribution in [0.5, 0.6) is 17.2 Å². The predicted octanol–water partition coefficient (Wildman–Crippen LogP) is 8.80. The molecule has 0 fully saturated rings. The molecule has 43 heavy (non-hydrogen) atoms. The van der Waals surface area contributed by atoms with Crippen LogP contribution in [-0.4, -0.2) is 23.2 Å². The lowest BCUT2D eigenvalue weighted by Gasteiger charge is -2.22. The molecule has 8 rings (SSSR count). The SMILES string of the molecule is [B]c1c(O)c(O)c(-c2c3ccccc3c(-c3cccc4c3oc3ccccc34)c3ccccc23)c(O)c1-c1ccccc1. The fourth-order valence-corrected chi connectivity index (χ4v) is 6.49. The lowest BCUT2D eigenvalue weighted by Crippen LogP contribution is -2.09. The number of phenolic OH excluding ortho intramolecular Hbond substituents is 3. The van der Waals surface area contributed by atoms with E-state index in [1.165, 1.54) is 0 Å². The predicted molar refractivity (Wildman–Crippen MR) is 175 cm³/mol. The third-order valence-electron chi connectivity index (χ3n) is 8.38. The molecule has 4 nitrogen and oxygen atoms in total. The van der Waals surface area contributed by atoms with Gasteiger partial charge in [0.15, 0.2) is 11.5 Å². The smallest absolute Gasteiger partial charge is 0.168 e. The Hall–Kier alpha value is -5.68. The average Bonchev–Trinajstić information content (AvgIpc) is 3.43. The van der Waals surface area contributed by atoms with Crippen molar-refractivity contribution in [3.05, 3.63) is 121 Å². The summed E-state index contributed by atoms with van der Waals surface area (Å²) in [6.07, 6.45) is 0. The quantitative estimate of drug-likeness (QED) is 0.0883. The van der Waals surface area contributed by atoms with Gasteiger partial charge in [-0.3, -0.25) is 0 Å². The van der Waals surface area contributed by atoms with E-state index in [0.29, 0.717) is 11.1 Å². The van der Waals surface area contributed by atoms with Gasteiger partial charge < -0.3 is 19.7 Å². The molecule has 0 amide bonds.